The number of hydrogen-bond acceptors (Lipinski definition) is 4. The van der Waals surface area contributed by atoms with Crippen LogP contribution in [-0.4, -0.2) is 20.5 Å². The fraction of sp³-hybridized carbons (Fsp3) is 0.286. The lowest BCUT2D eigenvalue weighted by Crippen LogP contribution is -2.29. The van der Waals surface area contributed by atoms with Crippen molar-refractivity contribution in [3.63, 3.8) is 0 Å². The van der Waals surface area contributed by atoms with E-state index in [0.29, 0.717) is 17.3 Å². The maximum atomic E-state index is 12.2. The van der Waals surface area contributed by atoms with Crippen LogP contribution < -0.4 is 5.32 Å². The predicted molar refractivity (Wildman–Crippen MR) is 77.6 cm³/mol. The zero-order valence-electron chi connectivity index (χ0n) is 11.3. The molecule has 2 aromatic rings. The van der Waals surface area contributed by atoms with E-state index >= 15 is 0 Å². The van der Waals surface area contributed by atoms with Gasteiger partial charge in [0.15, 0.2) is 5.82 Å². The molecular weight excluding hydrogens is 276 g/mol. The molecule has 6 heteroatoms. The second-order valence-electron chi connectivity index (χ2n) is 4.46. The van der Waals surface area contributed by atoms with Crippen LogP contribution in [0, 0.1) is 6.92 Å². The monoisotopic (exact) mass is 292 g/mol. The topological polar surface area (TPSA) is 72.2 Å². The second kappa shape index (κ2) is 6.47. The summed E-state index contributed by atoms with van der Waals surface area (Å²) in [6, 6.07) is 11.1. The van der Waals surface area contributed by atoms with E-state index < -0.39 is 16.0 Å². The minimum atomic E-state index is -1.28. The normalized spacial score (nSPS) is 13.7. The first-order valence-corrected chi connectivity index (χ1v) is 7.60. The standard InChI is InChI=1S/C14H16N2O3S/c1-10-8-13(16-19-10)15-14(17)11(2)20(18)9-12-6-4-3-5-7-12/h3-8,11H,9H2,1-2H3,(H,15,16,17)/t11-,20+/m1/s1. The fourth-order valence-electron chi connectivity index (χ4n) is 1.64. The van der Waals surface area contributed by atoms with E-state index in [2.05, 4.69) is 10.5 Å². The zero-order chi connectivity index (χ0) is 14.5. The van der Waals surface area contributed by atoms with Crippen molar-refractivity contribution in [1.29, 1.82) is 0 Å². The summed E-state index contributed by atoms with van der Waals surface area (Å²) in [4.78, 5) is 12.0. The van der Waals surface area contributed by atoms with Crippen LogP contribution in [0.25, 0.3) is 0 Å². The van der Waals surface area contributed by atoms with Gasteiger partial charge in [0, 0.05) is 22.6 Å². The molecule has 1 amide bonds. The van der Waals surface area contributed by atoms with E-state index in [1.165, 1.54) is 0 Å². The molecule has 0 saturated carbocycles. The highest BCUT2D eigenvalue weighted by atomic mass is 32.2. The van der Waals surface area contributed by atoms with Crippen LogP contribution in [0.5, 0.6) is 0 Å². The molecule has 0 bridgehead atoms. The molecule has 1 aromatic heterocycles. The van der Waals surface area contributed by atoms with Crippen molar-refractivity contribution in [2.45, 2.75) is 24.9 Å². The number of nitrogens with one attached hydrogen (secondary N) is 1. The van der Waals surface area contributed by atoms with Crippen molar-refractivity contribution in [2.24, 2.45) is 0 Å². The second-order valence-corrected chi connectivity index (χ2v) is 6.22. The molecule has 0 radical (unpaired) electrons. The van der Waals surface area contributed by atoms with Gasteiger partial charge in [0.05, 0.1) is 0 Å². The highest BCUT2D eigenvalue weighted by Crippen LogP contribution is 2.11. The first-order chi connectivity index (χ1) is 9.56. The lowest BCUT2D eigenvalue weighted by molar-refractivity contribution is -0.115. The van der Waals surface area contributed by atoms with Crippen molar-refractivity contribution in [1.82, 2.24) is 5.16 Å². The van der Waals surface area contributed by atoms with Gasteiger partial charge in [-0.15, -0.1) is 0 Å². The smallest absolute Gasteiger partial charge is 0.241 e. The number of carbonyl (C=O) groups is 1. The molecule has 0 unspecified atom stereocenters. The summed E-state index contributed by atoms with van der Waals surface area (Å²) in [5.74, 6) is 0.981. The third kappa shape index (κ3) is 3.77. The number of anilines is 1. The highest BCUT2D eigenvalue weighted by molar-refractivity contribution is 7.85. The van der Waals surface area contributed by atoms with Crippen molar-refractivity contribution in [2.75, 3.05) is 5.32 Å². The quantitative estimate of drug-likeness (QED) is 0.917. The van der Waals surface area contributed by atoms with Crippen LogP contribution in [0.4, 0.5) is 5.82 Å². The molecule has 106 valence electrons. The van der Waals surface area contributed by atoms with Crippen LogP contribution in [0.3, 0.4) is 0 Å². The van der Waals surface area contributed by atoms with Crippen molar-refractivity contribution < 1.29 is 13.5 Å². The summed E-state index contributed by atoms with van der Waals surface area (Å²) in [6.45, 7) is 3.38. The Morgan fingerprint density at radius 2 is 2.10 bits per heavy atom. The Labute approximate surface area is 119 Å². The van der Waals surface area contributed by atoms with Gasteiger partial charge in [-0.2, -0.15) is 0 Å². The Hall–Kier alpha value is -1.95. The van der Waals surface area contributed by atoms with Gasteiger partial charge in [0.1, 0.15) is 11.0 Å². The number of rotatable bonds is 5. The highest BCUT2D eigenvalue weighted by Gasteiger charge is 2.21. The average molecular weight is 292 g/mol. The Bertz CT molecular complexity index is 610. The number of benzene rings is 1. The molecule has 5 nitrogen and oxygen atoms in total. The number of hydrogen-bond donors (Lipinski definition) is 1. The molecule has 1 N–H and O–H groups in total. The Kier molecular flexibility index (Phi) is 4.68. The largest absolute Gasteiger partial charge is 0.360 e. The number of amides is 1. The average Bonchev–Trinajstić information content (AvgIpc) is 2.84. The van der Waals surface area contributed by atoms with Crippen LogP contribution >= 0.6 is 0 Å². The number of carbonyl (C=O) groups excluding carboxylic acids is 1. The summed E-state index contributed by atoms with van der Waals surface area (Å²) in [5, 5.41) is 5.65. The van der Waals surface area contributed by atoms with Gasteiger partial charge < -0.3 is 9.84 Å². The van der Waals surface area contributed by atoms with Crippen molar-refractivity contribution >= 4 is 22.5 Å². The third-order valence-corrected chi connectivity index (χ3v) is 4.42. The van der Waals surface area contributed by atoms with Gasteiger partial charge in [0.25, 0.3) is 0 Å². The molecule has 2 rings (SSSR count). The summed E-state index contributed by atoms with van der Waals surface area (Å²) in [7, 11) is -1.28. The Balaban J connectivity index is 1.94. The van der Waals surface area contributed by atoms with Crippen molar-refractivity contribution in [3.05, 3.63) is 47.7 Å². The SMILES string of the molecule is Cc1cc(NC(=O)[C@@H](C)[S@@](=O)Cc2ccccc2)no1. The van der Waals surface area contributed by atoms with Gasteiger partial charge in [-0.05, 0) is 19.4 Å². The van der Waals surface area contributed by atoms with Crippen molar-refractivity contribution in [3.8, 4) is 0 Å². The fourth-order valence-corrected chi connectivity index (χ4v) is 2.70. The predicted octanol–water partition coefficient (Wildman–Crippen LogP) is 2.26. The summed E-state index contributed by atoms with van der Waals surface area (Å²) in [6.07, 6.45) is 0. The summed E-state index contributed by atoms with van der Waals surface area (Å²) < 4.78 is 17.0. The van der Waals surface area contributed by atoms with Gasteiger partial charge in [0.2, 0.25) is 5.91 Å². The number of aromatic nitrogens is 1. The van der Waals surface area contributed by atoms with E-state index in [-0.39, 0.29) is 5.91 Å². The van der Waals surface area contributed by atoms with E-state index in [1.807, 2.05) is 30.3 Å². The van der Waals surface area contributed by atoms with Gasteiger partial charge in [-0.3, -0.25) is 9.00 Å². The molecule has 0 aliphatic rings. The van der Waals surface area contributed by atoms with E-state index in [9.17, 15) is 9.00 Å². The molecule has 0 aliphatic heterocycles. The maximum Gasteiger partial charge on any atom is 0.241 e. The van der Waals surface area contributed by atoms with Crippen LogP contribution in [-0.2, 0) is 21.3 Å². The Morgan fingerprint density at radius 3 is 2.70 bits per heavy atom. The van der Waals surface area contributed by atoms with Crippen LogP contribution in [0.15, 0.2) is 40.9 Å². The first-order valence-electron chi connectivity index (χ1n) is 6.21. The lowest BCUT2D eigenvalue weighted by Gasteiger charge is -2.10. The first kappa shape index (κ1) is 14.5. The van der Waals surface area contributed by atoms with Gasteiger partial charge in [-0.25, -0.2) is 0 Å². The molecule has 0 spiro atoms. The molecule has 0 fully saturated rings. The zero-order valence-corrected chi connectivity index (χ0v) is 12.1. The maximum absolute atomic E-state index is 12.2. The molecule has 1 aromatic carbocycles. The van der Waals surface area contributed by atoms with E-state index in [0.717, 1.165) is 5.56 Å². The minimum absolute atomic E-state index is 0.326. The molecule has 0 aliphatic carbocycles. The molecule has 20 heavy (non-hydrogen) atoms. The molecule has 1 heterocycles. The minimum Gasteiger partial charge on any atom is -0.360 e. The molecule has 2 atom stereocenters. The lowest BCUT2D eigenvalue weighted by atomic mass is 10.2. The van der Waals surface area contributed by atoms with Crippen LogP contribution in [0.1, 0.15) is 18.2 Å². The molecular formula is C14H16N2O3S. The van der Waals surface area contributed by atoms with E-state index in [4.69, 9.17) is 4.52 Å². The Morgan fingerprint density at radius 1 is 1.40 bits per heavy atom. The summed E-state index contributed by atoms with van der Waals surface area (Å²) >= 11 is 0. The third-order valence-electron chi connectivity index (χ3n) is 2.79. The van der Waals surface area contributed by atoms with Gasteiger partial charge in [-0.1, -0.05) is 35.5 Å². The van der Waals surface area contributed by atoms with E-state index in [1.54, 1.807) is 19.9 Å². The number of aryl methyl sites for hydroxylation is 1. The summed E-state index contributed by atoms with van der Waals surface area (Å²) in [5.41, 5.74) is 0.947. The molecule has 0 saturated heterocycles. The van der Waals surface area contributed by atoms with Crippen LogP contribution in [0.2, 0.25) is 0 Å². The number of nitrogens with zero attached hydrogens (tertiary/aromatic N) is 1. The van der Waals surface area contributed by atoms with Gasteiger partial charge >= 0.3 is 0 Å².